The molecule has 2 aromatic carbocycles. The van der Waals surface area contributed by atoms with Crippen LogP contribution in [0.5, 0.6) is 5.75 Å². The van der Waals surface area contributed by atoms with E-state index in [1.165, 1.54) is 0 Å². The second-order valence-corrected chi connectivity index (χ2v) is 6.34. The Balaban J connectivity index is 2.17. The maximum absolute atomic E-state index is 12.0. The van der Waals surface area contributed by atoms with Gasteiger partial charge in [0, 0.05) is 33.3 Å². The lowest BCUT2D eigenvalue weighted by Gasteiger charge is -2.12. The molecule has 0 fully saturated rings. The summed E-state index contributed by atoms with van der Waals surface area (Å²) in [4.78, 5) is 13.1. The van der Waals surface area contributed by atoms with Gasteiger partial charge in [0.05, 0.1) is 6.61 Å². The van der Waals surface area contributed by atoms with Crippen LogP contribution in [0.2, 0.25) is 5.02 Å². The third-order valence-corrected chi connectivity index (χ3v) is 4.48. The zero-order valence-electron chi connectivity index (χ0n) is 13.3. The Morgan fingerprint density at radius 3 is 2.57 bits per heavy atom. The van der Waals surface area contributed by atoms with E-state index in [4.69, 9.17) is 16.3 Å². The van der Waals surface area contributed by atoms with E-state index in [1.54, 1.807) is 17.8 Å². The zero-order chi connectivity index (χ0) is 16.7. The highest BCUT2D eigenvalue weighted by atomic mass is 35.5. The van der Waals surface area contributed by atoms with Crippen LogP contribution in [0.3, 0.4) is 0 Å². The van der Waals surface area contributed by atoms with Crippen LogP contribution >= 0.6 is 23.4 Å². The van der Waals surface area contributed by atoms with Gasteiger partial charge in [-0.25, -0.2) is 0 Å². The first-order valence-corrected chi connectivity index (χ1v) is 8.92. The van der Waals surface area contributed by atoms with Crippen molar-refractivity contribution in [3.63, 3.8) is 0 Å². The average molecular weight is 350 g/mol. The van der Waals surface area contributed by atoms with Crippen molar-refractivity contribution in [1.29, 1.82) is 0 Å². The summed E-state index contributed by atoms with van der Waals surface area (Å²) in [6, 6.07) is 13.3. The third-order valence-electron chi connectivity index (χ3n) is 3.17. The second kappa shape index (κ2) is 8.85. The molecule has 0 aliphatic heterocycles. The molecule has 0 spiro atoms. The molecule has 0 saturated carbocycles. The highest BCUT2D eigenvalue weighted by Gasteiger charge is 2.10. The zero-order valence-corrected chi connectivity index (χ0v) is 14.8. The van der Waals surface area contributed by atoms with Gasteiger partial charge in [0.15, 0.2) is 0 Å². The molecular formula is C18H20ClNO2S. The van der Waals surface area contributed by atoms with Crippen molar-refractivity contribution in [2.24, 2.45) is 0 Å². The first kappa shape index (κ1) is 17.7. The van der Waals surface area contributed by atoms with E-state index in [9.17, 15) is 4.79 Å². The molecule has 2 rings (SSSR count). The molecule has 122 valence electrons. The monoisotopic (exact) mass is 349 g/mol. The fourth-order valence-electron chi connectivity index (χ4n) is 2.08. The summed E-state index contributed by atoms with van der Waals surface area (Å²) in [5, 5.41) is 3.54. The van der Waals surface area contributed by atoms with E-state index < -0.39 is 0 Å². The molecule has 0 heterocycles. The van der Waals surface area contributed by atoms with Crippen LogP contribution in [0, 0.1) is 0 Å². The number of hydrogen-bond acceptors (Lipinski definition) is 3. The summed E-state index contributed by atoms with van der Waals surface area (Å²) in [6.45, 7) is 5.07. The third kappa shape index (κ3) is 5.19. The molecular weight excluding hydrogens is 330 g/mol. The van der Waals surface area contributed by atoms with Crippen LogP contribution in [0.15, 0.2) is 47.4 Å². The van der Waals surface area contributed by atoms with Gasteiger partial charge in [-0.3, -0.25) is 4.79 Å². The minimum absolute atomic E-state index is 0.0618. The molecule has 0 bridgehead atoms. The summed E-state index contributed by atoms with van der Waals surface area (Å²) in [7, 11) is 0. The van der Waals surface area contributed by atoms with Crippen molar-refractivity contribution >= 4 is 29.3 Å². The maximum atomic E-state index is 12.0. The van der Waals surface area contributed by atoms with Crippen LogP contribution in [0.1, 0.15) is 29.8 Å². The van der Waals surface area contributed by atoms with Crippen LogP contribution in [0.25, 0.3) is 0 Å². The van der Waals surface area contributed by atoms with Crippen molar-refractivity contribution in [3.8, 4) is 5.75 Å². The number of hydrogen-bond donors (Lipinski definition) is 1. The lowest BCUT2D eigenvalue weighted by molar-refractivity contribution is 0.0955. The number of nitrogens with one attached hydrogen (secondary N) is 1. The summed E-state index contributed by atoms with van der Waals surface area (Å²) in [5.74, 6) is 1.49. The molecule has 5 heteroatoms. The largest absolute Gasteiger partial charge is 0.494 e. The standard InChI is InChI=1S/C18H20ClNO2S/c1-3-20-18(21)13-5-10-17(22-4-2)14(11-13)12-23-16-8-6-15(19)7-9-16/h5-11H,3-4,12H2,1-2H3,(H,20,21). The van der Waals surface area contributed by atoms with E-state index in [2.05, 4.69) is 5.32 Å². The number of halogens is 1. The maximum Gasteiger partial charge on any atom is 0.251 e. The quantitative estimate of drug-likeness (QED) is 0.731. The van der Waals surface area contributed by atoms with E-state index in [0.29, 0.717) is 18.7 Å². The highest BCUT2D eigenvalue weighted by molar-refractivity contribution is 7.98. The van der Waals surface area contributed by atoms with Crippen LogP contribution in [-0.2, 0) is 5.75 Å². The summed E-state index contributed by atoms with van der Waals surface area (Å²) in [5.41, 5.74) is 1.66. The first-order chi connectivity index (χ1) is 11.1. The molecule has 1 amide bonds. The summed E-state index contributed by atoms with van der Waals surface area (Å²) in [6.07, 6.45) is 0. The van der Waals surface area contributed by atoms with E-state index in [-0.39, 0.29) is 5.91 Å². The van der Waals surface area contributed by atoms with Crippen LogP contribution < -0.4 is 10.1 Å². The van der Waals surface area contributed by atoms with Gasteiger partial charge in [-0.05, 0) is 56.3 Å². The topological polar surface area (TPSA) is 38.3 Å². The number of carbonyl (C=O) groups excluding carboxylic acids is 1. The number of thioether (sulfide) groups is 1. The first-order valence-electron chi connectivity index (χ1n) is 7.56. The van der Waals surface area contributed by atoms with Crippen LogP contribution in [-0.4, -0.2) is 19.1 Å². The van der Waals surface area contributed by atoms with Crippen molar-refractivity contribution in [2.75, 3.05) is 13.2 Å². The smallest absolute Gasteiger partial charge is 0.251 e. The predicted molar refractivity (Wildman–Crippen MR) is 96.6 cm³/mol. The summed E-state index contributed by atoms with van der Waals surface area (Å²) < 4.78 is 5.67. The van der Waals surface area contributed by atoms with E-state index >= 15 is 0 Å². The number of amides is 1. The molecule has 2 aromatic rings. The van der Waals surface area contributed by atoms with Gasteiger partial charge in [-0.15, -0.1) is 11.8 Å². The second-order valence-electron chi connectivity index (χ2n) is 4.86. The van der Waals surface area contributed by atoms with Gasteiger partial charge in [-0.1, -0.05) is 11.6 Å². The Morgan fingerprint density at radius 2 is 1.91 bits per heavy atom. The van der Waals surface area contributed by atoms with Crippen LogP contribution in [0.4, 0.5) is 0 Å². The van der Waals surface area contributed by atoms with Gasteiger partial charge in [0.2, 0.25) is 0 Å². The Morgan fingerprint density at radius 1 is 1.17 bits per heavy atom. The summed E-state index contributed by atoms with van der Waals surface area (Å²) >= 11 is 7.59. The number of benzene rings is 2. The molecule has 0 unspecified atom stereocenters. The van der Waals surface area contributed by atoms with Crippen molar-refractivity contribution in [3.05, 3.63) is 58.6 Å². The molecule has 0 aromatic heterocycles. The minimum atomic E-state index is -0.0618. The Labute approximate surface area is 146 Å². The van der Waals surface area contributed by atoms with Crippen molar-refractivity contribution in [1.82, 2.24) is 5.32 Å². The molecule has 0 saturated heterocycles. The van der Waals surface area contributed by atoms with Gasteiger partial charge >= 0.3 is 0 Å². The van der Waals surface area contributed by atoms with Gasteiger partial charge < -0.3 is 10.1 Å². The number of carbonyl (C=O) groups is 1. The fraction of sp³-hybridized carbons (Fsp3) is 0.278. The Hall–Kier alpha value is -1.65. The number of rotatable bonds is 7. The molecule has 23 heavy (non-hydrogen) atoms. The predicted octanol–water partition coefficient (Wildman–Crippen LogP) is 4.78. The molecule has 0 aliphatic rings. The Bertz CT molecular complexity index is 659. The SMILES string of the molecule is CCNC(=O)c1ccc(OCC)c(CSc2ccc(Cl)cc2)c1. The number of ether oxygens (including phenoxy) is 1. The van der Waals surface area contributed by atoms with Gasteiger partial charge in [-0.2, -0.15) is 0 Å². The van der Waals surface area contributed by atoms with E-state index in [1.807, 2.05) is 50.2 Å². The van der Waals surface area contributed by atoms with Crippen molar-refractivity contribution in [2.45, 2.75) is 24.5 Å². The fourth-order valence-corrected chi connectivity index (χ4v) is 3.09. The molecule has 0 radical (unpaired) electrons. The molecule has 0 aliphatic carbocycles. The Kier molecular flexibility index (Phi) is 6.81. The lowest BCUT2D eigenvalue weighted by Crippen LogP contribution is -2.22. The lowest BCUT2D eigenvalue weighted by atomic mass is 10.1. The molecule has 0 atom stereocenters. The average Bonchev–Trinajstić information content (AvgIpc) is 2.56. The molecule has 1 N–H and O–H groups in total. The normalized spacial score (nSPS) is 10.4. The van der Waals surface area contributed by atoms with Crippen molar-refractivity contribution < 1.29 is 9.53 Å². The molecule has 3 nitrogen and oxygen atoms in total. The van der Waals surface area contributed by atoms with Gasteiger partial charge in [0.1, 0.15) is 5.75 Å². The minimum Gasteiger partial charge on any atom is -0.494 e. The van der Waals surface area contributed by atoms with Gasteiger partial charge in [0.25, 0.3) is 5.91 Å². The highest BCUT2D eigenvalue weighted by Crippen LogP contribution is 2.29. The van der Waals surface area contributed by atoms with E-state index in [0.717, 1.165) is 27.0 Å².